The average molecular weight is 251 g/mol. The molecule has 1 rings (SSSR count). The van der Waals surface area contributed by atoms with Gasteiger partial charge in [-0.05, 0) is 27.7 Å². The van der Waals surface area contributed by atoms with Crippen LogP contribution in [0.2, 0.25) is 0 Å². The summed E-state index contributed by atoms with van der Waals surface area (Å²) in [5, 5.41) is 0. The summed E-state index contributed by atoms with van der Waals surface area (Å²) in [5.74, 6) is 1.87. The van der Waals surface area contributed by atoms with Crippen molar-refractivity contribution in [3.05, 3.63) is 12.4 Å². The van der Waals surface area contributed by atoms with Gasteiger partial charge < -0.3 is 15.5 Å². The van der Waals surface area contributed by atoms with Crippen molar-refractivity contribution in [2.75, 3.05) is 36.5 Å². The smallest absolute Gasteiger partial charge is 0.134 e. The standard InChI is InChI=1S/C13H25N5/c1-6-18(7-2)12-8-11(15-10-16-12)17(5)9-13(3,4)14/h8,10H,6-7,9,14H2,1-5H3. The molecule has 0 aliphatic rings. The minimum atomic E-state index is -0.241. The predicted molar refractivity (Wildman–Crippen MR) is 77.1 cm³/mol. The summed E-state index contributed by atoms with van der Waals surface area (Å²) in [5.41, 5.74) is 5.79. The second-order valence-corrected chi connectivity index (χ2v) is 5.25. The number of nitrogens with two attached hydrogens (primary N) is 1. The summed E-state index contributed by atoms with van der Waals surface area (Å²) in [6.45, 7) is 10.9. The van der Waals surface area contributed by atoms with E-state index in [1.165, 1.54) is 0 Å². The van der Waals surface area contributed by atoms with E-state index in [4.69, 9.17) is 5.73 Å². The molecule has 102 valence electrons. The fourth-order valence-electron chi connectivity index (χ4n) is 1.96. The van der Waals surface area contributed by atoms with Gasteiger partial charge in [-0.1, -0.05) is 0 Å². The molecule has 18 heavy (non-hydrogen) atoms. The van der Waals surface area contributed by atoms with Crippen molar-refractivity contribution in [1.82, 2.24) is 9.97 Å². The van der Waals surface area contributed by atoms with Gasteiger partial charge in [-0.2, -0.15) is 0 Å². The van der Waals surface area contributed by atoms with Crippen LogP contribution in [0.1, 0.15) is 27.7 Å². The van der Waals surface area contributed by atoms with E-state index in [0.29, 0.717) is 0 Å². The number of likely N-dealkylation sites (N-methyl/N-ethyl adjacent to an activating group) is 1. The molecule has 5 heteroatoms. The lowest BCUT2D eigenvalue weighted by Crippen LogP contribution is -2.44. The number of anilines is 2. The van der Waals surface area contributed by atoms with Gasteiger partial charge in [-0.25, -0.2) is 9.97 Å². The fourth-order valence-corrected chi connectivity index (χ4v) is 1.96. The summed E-state index contributed by atoms with van der Waals surface area (Å²) in [6, 6.07) is 2.01. The molecule has 0 aromatic carbocycles. The van der Waals surface area contributed by atoms with Gasteiger partial charge in [-0.3, -0.25) is 0 Å². The lowest BCUT2D eigenvalue weighted by atomic mass is 10.1. The Bertz CT molecular complexity index is 368. The van der Waals surface area contributed by atoms with E-state index in [9.17, 15) is 0 Å². The van der Waals surface area contributed by atoms with Crippen LogP contribution in [0.5, 0.6) is 0 Å². The van der Waals surface area contributed by atoms with Crippen molar-refractivity contribution in [3.63, 3.8) is 0 Å². The van der Waals surface area contributed by atoms with Crippen LogP contribution in [0.25, 0.3) is 0 Å². The lowest BCUT2D eigenvalue weighted by Gasteiger charge is -2.28. The first-order valence-electron chi connectivity index (χ1n) is 6.44. The van der Waals surface area contributed by atoms with Gasteiger partial charge in [0.1, 0.15) is 18.0 Å². The maximum Gasteiger partial charge on any atom is 0.134 e. The van der Waals surface area contributed by atoms with Gasteiger partial charge in [0.15, 0.2) is 0 Å². The van der Waals surface area contributed by atoms with Crippen LogP contribution in [0.3, 0.4) is 0 Å². The molecule has 0 aliphatic heterocycles. The van der Waals surface area contributed by atoms with Crippen molar-refractivity contribution in [3.8, 4) is 0 Å². The van der Waals surface area contributed by atoms with Crippen molar-refractivity contribution < 1.29 is 0 Å². The number of hydrogen-bond acceptors (Lipinski definition) is 5. The molecule has 5 nitrogen and oxygen atoms in total. The van der Waals surface area contributed by atoms with Crippen LogP contribution < -0.4 is 15.5 Å². The van der Waals surface area contributed by atoms with E-state index >= 15 is 0 Å². The maximum atomic E-state index is 6.03. The highest BCUT2D eigenvalue weighted by Gasteiger charge is 2.16. The number of nitrogens with zero attached hydrogens (tertiary/aromatic N) is 4. The molecule has 0 radical (unpaired) electrons. The Morgan fingerprint density at radius 3 is 2.22 bits per heavy atom. The molecule has 1 heterocycles. The van der Waals surface area contributed by atoms with Gasteiger partial charge in [-0.15, -0.1) is 0 Å². The number of aromatic nitrogens is 2. The Hall–Kier alpha value is -1.36. The van der Waals surface area contributed by atoms with E-state index in [2.05, 4.69) is 33.6 Å². The third-order valence-electron chi connectivity index (χ3n) is 2.76. The van der Waals surface area contributed by atoms with Crippen LogP contribution in [0, 0.1) is 0 Å². The van der Waals surface area contributed by atoms with Crippen LogP contribution in [-0.2, 0) is 0 Å². The molecule has 0 saturated carbocycles. The van der Waals surface area contributed by atoms with Gasteiger partial charge in [0.2, 0.25) is 0 Å². The van der Waals surface area contributed by atoms with Crippen molar-refractivity contribution in [2.45, 2.75) is 33.2 Å². The zero-order valence-corrected chi connectivity index (χ0v) is 12.1. The Labute approximate surface area is 110 Å². The molecule has 0 aliphatic carbocycles. The molecule has 0 saturated heterocycles. The highest BCUT2D eigenvalue weighted by atomic mass is 15.2. The minimum absolute atomic E-state index is 0.241. The van der Waals surface area contributed by atoms with Gasteiger partial charge >= 0.3 is 0 Å². The van der Waals surface area contributed by atoms with Crippen molar-refractivity contribution in [2.24, 2.45) is 5.73 Å². The quantitative estimate of drug-likeness (QED) is 0.830. The average Bonchev–Trinajstić information content (AvgIpc) is 2.29. The third kappa shape index (κ3) is 4.14. The Morgan fingerprint density at radius 1 is 1.17 bits per heavy atom. The highest BCUT2D eigenvalue weighted by molar-refractivity contribution is 5.49. The predicted octanol–water partition coefficient (Wildman–Crippen LogP) is 1.50. The lowest BCUT2D eigenvalue weighted by molar-refractivity contribution is 0.517. The monoisotopic (exact) mass is 251 g/mol. The summed E-state index contributed by atoms with van der Waals surface area (Å²) in [6.07, 6.45) is 1.61. The maximum absolute atomic E-state index is 6.03. The zero-order valence-electron chi connectivity index (χ0n) is 12.1. The molecular formula is C13H25N5. The second kappa shape index (κ2) is 6.00. The largest absolute Gasteiger partial charge is 0.358 e. The van der Waals surface area contributed by atoms with Crippen molar-refractivity contribution >= 4 is 11.6 Å². The first-order chi connectivity index (χ1) is 8.37. The molecule has 1 aromatic heterocycles. The van der Waals surface area contributed by atoms with E-state index in [-0.39, 0.29) is 5.54 Å². The number of rotatable bonds is 6. The van der Waals surface area contributed by atoms with E-state index in [1.54, 1.807) is 6.33 Å². The van der Waals surface area contributed by atoms with Crippen LogP contribution in [0.4, 0.5) is 11.6 Å². The normalized spacial score (nSPS) is 11.4. The zero-order chi connectivity index (χ0) is 13.8. The fraction of sp³-hybridized carbons (Fsp3) is 0.692. The summed E-state index contributed by atoms with van der Waals surface area (Å²) < 4.78 is 0. The summed E-state index contributed by atoms with van der Waals surface area (Å²) >= 11 is 0. The minimum Gasteiger partial charge on any atom is -0.358 e. The highest BCUT2D eigenvalue weighted by Crippen LogP contribution is 2.17. The molecular weight excluding hydrogens is 226 g/mol. The number of hydrogen-bond donors (Lipinski definition) is 1. The van der Waals surface area contributed by atoms with Crippen LogP contribution >= 0.6 is 0 Å². The molecule has 0 amide bonds. The van der Waals surface area contributed by atoms with Gasteiger partial charge in [0.05, 0.1) is 0 Å². The first-order valence-corrected chi connectivity index (χ1v) is 6.44. The third-order valence-corrected chi connectivity index (χ3v) is 2.76. The molecule has 0 bridgehead atoms. The van der Waals surface area contributed by atoms with Crippen LogP contribution in [0.15, 0.2) is 12.4 Å². The van der Waals surface area contributed by atoms with E-state index in [0.717, 1.165) is 31.3 Å². The summed E-state index contributed by atoms with van der Waals surface area (Å²) in [7, 11) is 2.00. The Balaban J connectivity index is 2.87. The van der Waals surface area contributed by atoms with Gasteiger partial charge in [0.25, 0.3) is 0 Å². The topological polar surface area (TPSA) is 58.3 Å². The Kier molecular flexibility index (Phi) is 4.90. The molecule has 0 fully saturated rings. The Morgan fingerprint density at radius 2 is 1.72 bits per heavy atom. The van der Waals surface area contributed by atoms with E-state index < -0.39 is 0 Å². The molecule has 1 aromatic rings. The van der Waals surface area contributed by atoms with Gasteiger partial charge in [0, 0.05) is 38.3 Å². The van der Waals surface area contributed by atoms with E-state index in [1.807, 2.05) is 27.0 Å². The first kappa shape index (κ1) is 14.7. The molecule has 0 unspecified atom stereocenters. The molecule has 0 atom stereocenters. The molecule has 2 N–H and O–H groups in total. The van der Waals surface area contributed by atoms with Crippen LogP contribution in [-0.4, -0.2) is 42.2 Å². The molecule has 0 spiro atoms. The van der Waals surface area contributed by atoms with Crippen molar-refractivity contribution in [1.29, 1.82) is 0 Å². The second-order valence-electron chi connectivity index (χ2n) is 5.25. The summed E-state index contributed by atoms with van der Waals surface area (Å²) in [4.78, 5) is 12.9. The SMILES string of the molecule is CCN(CC)c1cc(N(C)CC(C)(C)N)ncn1.